The molecule has 5 unspecified atom stereocenters. The molecule has 0 aromatic carbocycles. The van der Waals surface area contributed by atoms with Gasteiger partial charge in [0, 0.05) is 0 Å². The Bertz CT molecular complexity index is 441. The minimum Gasteiger partial charge on any atom is -0.394 e. The first-order valence-corrected chi connectivity index (χ1v) is 12.8. The lowest BCUT2D eigenvalue weighted by Crippen LogP contribution is -2.59. The van der Waals surface area contributed by atoms with E-state index in [4.69, 9.17) is 17.3 Å². The third kappa shape index (κ3) is 11.8. The number of rotatable bonds is 19. The fourth-order valence-corrected chi connectivity index (χ4v) is 4.14. The number of unbranched alkanes of at least 4 members (excludes halogenated alkanes) is 11. The lowest BCUT2D eigenvalue weighted by atomic mass is 9.77. The third-order valence-corrected chi connectivity index (χ3v) is 6.43. The molecule has 188 valence electrons. The molecule has 0 bridgehead atoms. The maximum absolute atomic E-state index is 10.2. The van der Waals surface area contributed by atoms with Gasteiger partial charge >= 0.3 is 0 Å². The first-order chi connectivity index (χ1) is 15.4. The molecular weight excluding hydrogens is 411 g/mol. The Balaban J connectivity index is 2.03. The van der Waals surface area contributed by atoms with E-state index in [9.17, 15) is 25.5 Å². The number of aliphatic hydroxyl groups excluding tert-OH is 5. The summed E-state index contributed by atoms with van der Waals surface area (Å²) >= 11 is 0. The largest absolute Gasteiger partial charge is 0.394 e. The summed E-state index contributed by atoms with van der Waals surface area (Å²) in [5, 5.41) is 48.9. The number of hydrogen-bond donors (Lipinski definition) is 5. The van der Waals surface area contributed by atoms with Gasteiger partial charge in [0.2, 0.25) is 0 Å². The molecule has 0 saturated carbocycles. The SMILES string of the molecule is [B][C@H](CCCCCCCCCCCCCC)[C@@H](O)CCOC1OC(CO)C(O)C(O)C1O. The van der Waals surface area contributed by atoms with E-state index in [1.807, 2.05) is 0 Å². The second kappa shape index (κ2) is 18.2. The summed E-state index contributed by atoms with van der Waals surface area (Å²) in [4.78, 5) is 0. The first-order valence-electron chi connectivity index (χ1n) is 12.8. The van der Waals surface area contributed by atoms with Crippen molar-refractivity contribution in [3.63, 3.8) is 0 Å². The van der Waals surface area contributed by atoms with Crippen LogP contribution in [0.2, 0.25) is 5.82 Å². The van der Waals surface area contributed by atoms with Crippen LogP contribution in [0.15, 0.2) is 0 Å². The van der Waals surface area contributed by atoms with Gasteiger partial charge in [0.25, 0.3) is 0 Å². The predicted octanol–water partition coefficient (Wildman–Crippen LogP) is 2.60. The number of ether oxygens (including phenoxy) is 2. The van der Waals surface area contributed by atoms with Gasteiger partial charge in [-0.25, -0.2) is 0 Å². The van der Waals surface area contributed by atoms with Crippen molar-refractivity contribution in [2.45, 2.75) is 139 Å². The molecule has 0 aromatic rings. The van der Waals surface area contributed by atoms with Crippen LogP contribution in [-0.4, -0.2) is 83.4 Å². The molecule has 1 heterocycles. The van der Waals surface area contributed by atoms with Crippen molar-refractivity contribution in [3.05, 3.63) is 0 Å². The van der Waals surface area contributed by atoms with Crippen molar-refractivity contribution in [2.24, 2.45) is 0 Å². The van der Waals surface area contributed by atoms with Crippen LogP contribution < -0.4 is 0 Å². The highest BCUT2D eigenvalue weighted by molar-refractivity contribution is 6.12. The average molecular weight is 458 g/mol. The molecule has 0 aromatic heterocycles. The van der Waals surface area contributed by atoms with Gasteiger partial charge in [0.15, 0.2) is 6.29 Å². The summed E-state index contributed by atoms with van der Waals surface area (Å²) < 4.78 is 10.7. The van der Waals surface area contributed by atoms with E-state index in [0.717, 1.165) is 19.3 Å². The highest BCUT2D eigenvalue weighted by Crippen LogP contribution is 2.24. The lowest BCUT2D eigenvalue weighted by molar-refractivity contribution is -0.301. The fraction of sp³-hybridized carbons (Fsp3) is 1.00. The van der Waals surface area contributed by atoms with Crippen molar-refractivity contribution < 1.29 is 35.0 Å². The maximum Gasteiger partial charge on any atom is 0.186 e. The molecule has 5 N–H and O–H groups in total. The summed E-state index contributed by atoms with van der Waals surface area (Å²) in [6.45, 7) is 1.82. The normalized spacial score (nSPS) is 28.0. The van der Waals surface area contributed by atoms with Gasteiger partial charge in [-0.1, -0.05) is 96.2 Å². The Labute approximate surface area is 195 Å². The van der Waals surface area contributed by atoms with E-state index in [2.05, 4.69) is 6.92 Å². The van der Waals surface area contributed by atoms with Crippen LogP contribution >= 0.6 is 0 Å². The van der Waals surface area contributed by atoms with Gasteiger partial charge in [-0.2, -0.15) is 0 Å². The van der Waals surface area contributed by atoms with Crippen LogP contribution in [0.1, 0.15) is 96.8 Å². The van der Waals surface area contributed by atoms with Crippen molar-refractivity contribution in [3.8, 4) is 0 Å². The first kappa shape index (κ1) is 29.8. The van der Waals surface area contributed by atoms with E-state index >= 15 is 0 Å². The molecule has 2 radical (unpaired) electrons. The van der Waals surface area contributed by atoms with Crippen molar-refractivity contribution in [1.82, 2.24) is 0 Å². The highest BCUT2D eigenvalue weighted by atomic mass is 16.7. The Hall–Kier alpha value is -0.215. The van der Waals surface area contributed by atoms with Crippen molar-refractivity contribution >= 4 is 7.85 Å². The van der Waals surface area contributed by atoms with Gasteiger partial charge in [-0.3, -0.25) is 0 Å². The van der Waals surface area contributed by atoms with Crippen LogP contribution in [0.5, 0.6) is 0 Å². The minimum atomic E-state index is -1.47. The van der Waals surface area contributed by atoms with Crippen molar-refractivity contribution in [1.29, 1.82) is 0 Å². The Morgan fingerprint density at radius 1 is 0.781 bits per heavy atom. The fourth-order valence-electron chi connectivity index (χ4n) is 4.14. The predicted molar refractivity (Wildman–Crippen MR) is 126 cm³/mol. The molecular formula is C24H47BO7. The summed E-state index contributed by atoms with van der Waals surface area (Å²) in [5.74, 6) is -0.337. The van der Waals surface area contributed by atoms with E-state index in [1.54, 1.807) is 0 Å². The molecule has 1 aliphatic rings. The molecule has 0 spiro atoms. The van der Waals surface area contributed by atoms with Crippen LogP contribution in [0.3, 0.4) is 0 Å². The van der Waals surface area contributed by atoms with Gasteiger partial charge in [0.1, 0.15) is 24.4 Å². The van der Waals surface area contributed by atoms with Crippen LogP contribution in [-0.2, 0) is 9.47 Å². The summed E-state index contributed by atoms with van der Waals surface area (Å²) in [6, 6.07) is 0. The zero-order valence-corrected chi connectivity index (χ0v) is 20.0. The second-order valence-corrected chi connectivity index (χ2v) is 9.27. The zero-order valence-electron chi connectivity index (χ0n) is 20.0. The van der Waals surface area contributed by atoms with E-state index in [-0.39, 0.29) is 18.8 Å². The molecule has 7 nitrogen and oxygen atoms in total. The topological polar surface area (TPSA) is 120 Å². The van der Waals surface area contributed by atoms with Gasteiger partial charge < -0.3 is 35.0 Å². The molecule has 0 aliphatic carbocycles. The molecule has 8 heteroatoms. The van der Waals surface area contributed by atoms with Gasteiger partial charge in [-0.15, -0.1) is 0 Å². The summed E-state index contributed by atoms with van der Waals surface area (Å²) in [7, 11) is 6.09. The maximum atomic E-state index is 10.2. The average Bonchev–Trinajstić information content (AvgIpc) is 2.79. The molecule has 32 heavy (non-hydrogen) atoms. The zero-order chi connectivity index (χ0) is 23.8. The Kier molecular flexibility index (Phi) is 16.9. The van der Waals surface area contributed by atoms with Crippen LogP contribution in [0, 0.1) is 0 Å². The lowest BCUT2D eigenvalue weighted by Gasteiger charge is -2.39. The van der Waals surface area contributed by atoms with Gasteiger partial charge in [-0.05, 0) is 6.42 Å². The van der Waals surface area contributed by atoms with E-state index in [0.29, 0.717) is 0 Å². The van der Waals surface area contributed by atoms with Crippen LogP contribution in [0.25, 0.3) is 0 Å². The summed E-state index contributed by atoms with van der Waals surface area (Å²) in [6.07, 6.45) is 9.16. The Morgan fingerprint density at radius 3 is 1.84 bits per heavy atom. The van der Waals surface area contributed by atoms with Gasteiger partial charge in [0.05, 0.1) is 27.2 Å². The molecule has 0 amide bonds. The Morgan fingerprint density at radius 2 is 1.31 bits per heavy atom. The number of hydrogen-bond acceptors (Lipinski definition) is 7. The van der Waals surface area contributed by atoms with Crippen molar-refractivity contribution in [2.75, 3.05) is 13.2 Å². The molecule has 1 fully saturated rings. The molecule has 1 rings (SSSR count). The van der Waals surface area contributed by atoms with E-state index < -0.39 is 43.4 Å². The summed E-state index contributed by atoms with van der Waals surface area (Å²) in [5.41, 5.74) is 0. The monoisotopic (exact) mass is 458 g/mol. The molecule has 1 aliphatic heterocycles. The van der Waals surface area contributed by atoms with Crippen LogP contribution in [0.4, 0.5) is 0 Å². The smallest absolute Gasteiger partial charge is 0.186 e. The number of aliphatic hydroxyl groups is 5. The quantitative estimate of drug-likeness (QED) is 0.149. The third-order valence-electron chi connectivity index (χ3n) is 6.43. The standard InChI is InChI=1S/C24H47BO7/c1-2-3-4-5-6-7-8-9-10-11-12-13-14-18(25)19(27)15-16-31-24-23(30)22(29)21(28)20(17-26)32-24/h18-24,26-30H,2-17H2,1H3/t18-,19+,20?,21?,22?,23?,24?/m1/s1. The second-order valence-electron chi connectivity index (χ2n) is 9.27. The van der Waals surface area contributed by atoms with E-state index in [1.165, 1.54) is 64.2 Å². The highest BCUT2D eigenvalue weighted by Gasteiger charge is 2.43. The molecule has 7 atom stereocenters. The minimum absolute atomic E-state index is 0.0794. The molecule has 1 saturated heterocycles.